The minimum absolute atomic E-state index is 0.0171. The number of phenolic OH excluding ortho intramolecular Hbond substituents is 1. The predicted octanol–water partition coefficient (Wildman–Crippen LogP) is 0.361. The molecule has 1 aliphatic rings. The molecule has 3 amide bonds. The van der Waals surface area contributed by atoms with Gasteiger partial charge in [0.1, 0.15) is 5.75 Å². The molecular formula is C14H14N2O6S. The van der Waals surface area contributed by atoms with Crippen LogP contribution in [0.25, 0.3) is 0 Å². The molecule has 0 aliphatic carbocycles. The van der Waals surface area contributed by atoms with E-state index in [1.54, 1.807) is 0 Å². The van der Waals surface area contributed by atoms with Gasteiger partial charge < -0.3 is 15.2 Å². The third kappa shape index (κ3) is 4.71. The number of imide groups is 1. The van der Waals surface area contributed by atoms with Crippen molar-refractivity contribution in [2.45, 2.75) is 0 Å². The minimum atomic E-state index is -0.693. The van der Waals surface area contributed by atoms with Crippen molar-refractivity contribution < 1.29 is 29.0 Å². The van der Waals surface area contributed by atoms with E-state index in [0.717, 1.165) is 16.7 Å². The summed E-state index contributed by atoms with van der Waals surface area (Å²) < 4.78 is 4.81. The van der Waals surface area contributed by atoms with Crippen LogP contribution in [0.3, 0.4) is 0 Å². The second kappa shape index (κ2) is 7.63. The van der Waals surface area contributed by atoms with Crippen LogP contribution in [0.15, 0.2) is 24.3 Å². The highest BCUT2D eigenvalue weighted by atomic mass is 32.2. The lowest BCUT2D eigenvalue weighted by molar-refractivity contribution is -0.126. The van der Waals surface area contributed by atoms with Crippen LogP contribution in [0.2, 0.25) is 0 Å². The van der Waals surface area contributed by atoms with Crippen LogP contribution in [0.5, 0.6) is 5.75 Å². The quantitative estimate of drug-likeness (QED) is 0.720. The van der Waals surface area contributed by atoms with Crippen LogP contribution in [0, 0.1) is 0 Å². The zero-order chi connectivity index (χ0) is 16.8. The lowest BCUT2D eigenvalue weighted by Crippen LogP contribution is -2.38. The number of nitrogens with one attached hydrogen (secondary N) is 1. The molecule has 0 atom stereocenters. The maximum atomic E-state index is 11.6. The van der Waals surface area contributed by atoms with Crippen molar-refractivity contribution in [3.8, 4) is 5.75 Å². The van der Waals surface area contributed by atoms with Crippen molar-refractivity contribution in [1.82, 2.24) is 10.2 Å². The van der Waals surface area contributed by atoms with E-state index < -0.39 is 18.5 Å². The lowest BCUT2D eigenvalue weighted by Gasteiger charge is -2.13. The number of benzene rings is 1. The van der Waals surface area contributed by atoms with Gasteiger partial charge in [0.15, 0.2) is 6.61 Å². The van der Waals surface area contributed by atoms with Crippen LogP contribution in [0.4, 0.5) is 4.79 Å². The van der Waals surface area contributed by atoms with Crippen molar-refractivity contribution in [2.75, 3.05) is 25.4 Å². The molecule has 9 heteroatoms. The fraction of sp³-hybridized carbons (Fsp3) is 0.286. The average molecular weight is 338 g/mol. The molecule has 23 heavy (non-hydrogen) atoms. The molecule has 0 radical (unpaired) electrons. The van der Waals surface area contributed by atoms with E-state index >= 15 is 0 Å². The fourth-order valence-corrected chi connectivity index (χ4v) is 2.52. The molecule has 0 spiro atoms. The van der Waals surface area contributed by atoms with Crippen molar-refractivity contribution >= 4 is 34.8 Å². The van der Waals surface area contributed by atoms with Gasteiger partial charge in [-0.25, -0.2) is 4.79 Å². The summed E-state index contributed by atoms with van der Waals surface area (Å²) in [6.07, 6.45) is 0. The Hall–Kier alpha value is -2.55. The first-order valence-corrected chi connectivity index (χ1v) is 7.66. The van der Waals surface area contributed by atoms with E-state index in [1.807, 2.05) is 0 Å². The van der Waals surface area contributed by atoms with Gasteiger partial charge in [0.05, 0.1) is 11.3 Å². The van der Waals surface area contributed by atoms with E-state index in [9.17, 15) is 19.2 Å². The lowest BCUT2D eigenvalue weighted by atomic mass is 10.2. The number of hydrogen-bond donors (Lipinski definition) is 2. The van der Waals surface area contributed by atoms with Crippen molar-refractivity contribution in [3.05, 3.63) is 29.8 Å². The summed E-state index contributed by atoms with van der Waals surface area (Å²) in [6.45, 7) is -0.299. The molecule has 8 nitrogen and oxygen atoms in total. The fourth-order valence-electron chi connectivity index (χ4n) is 1.77. The molecule has 0 aromatic heterocycles. The number of amides is 3. The molecule has 2 rings (SSSR count). The van der Waals surface area contributed by atoms with Crippen molar-refractivity contribution in [1.29, 1.82) is 0 Å². The van der Waals surface area contributed by atoms with Gasteiger partial charge in [0, 0.05) is 13.1 Å². The summed E-state index contributed by atoms with van der Waals surface area (Å²) >= 11 is 0.923. The number of phenols is 1. The summed E-state index contributed by atoms with van der Waals surface area (Å²) in [5.74, 6) is -1.38. The molecule has 1 saturated heterocycles. The smallest absolute Gasteiger partial charge is 0.338 e. The molecule has 0 bridgehead atoms. The van der Waals surface area contributed by atoms with Crippen molar-refractivity contribution in [3.63, 3.8) is 0 Å². The third-order valence-electron chi connectivity index (χ3n) is 2.94. The highest BCUT2D eigenvalue weighted by molar-refractivity contribution is 8.14. The third-order valence-corrected chi connectivity index (χ3v) is 3.79. The molecule has 1 aromatic rings. The molecule has 122 valence electrons. The number of esters is 1. The first-order chi connectivity index (χ1) is 11.0. The predicted molar refractivity (Wildman–Crippen MR) is 81.0 cm³/mol. The van der Waals surface area contributed by atoms with Gasteiger partial charge in [-0.3, -0.25) is 19.3 Å². The Morgan fingerprint density at radius 3 is 2.57 bits per heavy atom. The van der Waals surface area contributed by atoms with Crippen LogP contribution >= 0.6 is 11.8 Å². The minimum Gasteiger partial charge on any atom is -0.508 e. The molecular weight excluding hydrogens is 324 g/mol. The zero-order valence-electron chi connectivity index (χ0n) is 12.0. The zero-order valence-corrected chi connectivity index (χ0v) is 12.8. The van der Waals surface area contributed by atoms with E-state index in [2.05, 4.69) is 5.32 Å². The standard InChI is InChI=1S/C14H14N2O6S/c17-10-3-1-9(2-4-10)13(20)22-7-11(18)15-5-6-16-12(19)8-23-14(16)21/h1-4,17H,5-8H2,(H,15,18). The number of nitrogens with zero attached hydrogens (tertiary/aromatic N) is 1. The molecule has 0 unspecified atom stereocenters. The largest absolute Gasteiger partial charge is 0.508 e. The maximum absolute atomic E-state index is 11.6. The van der Waals surface area contributed by atoms with Gasteiger partial charge in [-0.05, 0) is 24.3 Å². The van der Waals surface area contributed by atoms with Gasteiger partial charge in [-0.1, -0.05) is 11.8 Å². The second-order valence-corrected chi connectivity index (χ2v) is 5.50. The molecule has 2 N–H and O–H groups in total. The summed E-state index contributed by atoms with van der Waals surface area (Å²) in [6, 6.07) is 5.41. The van der Waals surface area contributed by atoms with E-state index in [4.69, 9.17) is 9.84 Å². The SMILES string of the molecule is O=C(COC(=O)c1ccc(O)cc1)NCCN1C(=O)CSC1=O. The first-order valence-electron chi connectivity index (χ1n) is 6.67. The number of carbonyl (C=O) groups is 4. The van der Waals surface area contributed by atoms with Crippen LogP contribution < -0.4 is 5.32 Å². The summed E-state index contributed by atoms with van der Waals surface area (Å²) in [4.78, 5) is 46.9. The second-order valence-electron chi connectivity index (χ2n) is 4.57. The van der Waals surface area contributed by atoms with E-state index in [-0.39, 0.29) is 41.3 Å². The van der Waals surface area contributed by atoms with Gasteiger partial charge in [-0.15, -0.1) is 0 Å². The van der Waals surface area contributed by atoms with E-state index in [0.29, 0.717) is 0 Å². The highest BCUT2D eigenvalue weighted by Crippen LogP contribution is 2.17. The number of rotatable bonds is 6. The Labute approximate surface area is 135 Å². The Balaban J connectivity index is 1.69. The molecule has 1 heterocycles. The summed E-state index contributed by atoms with van der Waals surface area (Å²) in [7, 11) is 0. The van der Waals surface area contributed by atoms with Crippen molar-refractivity contribution in [2.24, 2.45) is 0 Å². The van der Waals surface area contributed by atoms with Gasteiger partial charge in [-0.2, -0.15) is 0 Å². The van der Waals surface area contributed by atoms with E-state index in [1.165, 1.54) is 24.3 Å². The maximum Gasteiger partial charge on any atom is 0.338 e. The first kappa shape index (κ1) is 16.8. The normalized spacial score (nSPS) is 14.0. The average Bonchev–Trinajstić information content (AvgIpc) is 2.85. The monoisotopic (exact) mass is 338 g/mol. The number of carbonyl (C=O) groups excluding carboxylic acids is 4. The van der Waals surface area contributed by atoms with Crippen LogP contribution in [-0.2, 0) is 14.3 Å². The molecule has 0 saturated carbocycles. The van der Waals surface area contributed by atoms with Gasteiger partial charge >= 0.3 is 5.97 Å². The summed E-state index contributed by atoms with van der Waals surface area (Å²) in [5.41, 5.74) is 0.209. The Morgan fingerprint density at radius 1 is 1.26 bits per heavy atom. The van der Waals surface area contributed by atoms with Gasteiger partial charge in [0.25, 0.3) is 11.1 Å². The number of aromatic hydroxyl groups is 1. The Morgan fingerprint density at radius 2 is 1.96 bits per heavy atom. The van der Waals surface area contributed by atoms with Crippen LogP contribution in [-0.4, -0.2) is 58.5 Å². The number of thioether (sulfide) groups is 1. The summed E-state index contributed by atoms with van der Waals surface area (Å²) in [5, 5.41) is 11.2. The van der Waals surface area contributed by atoms with Crippen LogP contribution in [0.1, 0.15) is 10.4 Å². The molecule has 1 aromatic carbocycles. The Bertz CT molecular complexity index is 615. The number of hydrogen-bond acceptors (Lipinski definition) is 7. The molecule has 1 aliphatic heterocycles. The Kier molecular flexibility index (Phi) is 5.58. The topological polar surface area (TPSA) is 113 Å². The van der Waals surface area contributed by atoms with Gasteiger partial charge in [0.2, 0.25) is 5.91 Å². The molecule has 1 fully saturated rings. The number of ether oxygens (including phenoxy) is 1. The highest BCUT2D eigenvalue weighted by Gasteiger charge is 2.29.